The summed E-state index contributed by atoms with van der Waals surface area (Å²) in [4.78, 5) is 12.1. The van der Waals surface area contributed by atoms with Crippen molar-refractivity contribution < 1.29 is 4.79 Å². The molecule has 0 unspecified atom stereocenters. The third-order valence-corrected chi connectivity index (χ3v) is 3.44. The molecule has 1 aliphatic rings. The number of hydrogen-bond acceptors (Lipinski definition) is 2. The highest BCUT2D eigenvalue weighted by atomic mass is 35.5. The van der Waals surface area contributed by atoms with Crippen molar-refractivity contribution in [2.45, 2.75) is 6.42 Å². The molecule has 0 saturated heterocycles. The summed E-state index contributed by atoms with van der Waals surface area (Å²) in [6, 6.07) is 12.8. The first-order valence-electron chi connectivity index (χ1n) is 6.16. The Labute approximate surface area is 116 Å². The highest BCUT2D eigenvalue weighted by Crippen LogP contribution is 2.23. The van der Waals surface area contributed by atoms with Crippen LogP contribution in [0, 0.1) is 0 Å². The van der Waals surface area contributed by atoms with Crippen molar-refractivity contribution in [3.63, 3.8) is 0 Å². The van der Waals surface area contributed by atoms with E-state index in [2.05, 4.69) is 10.6 Å². The van der Waals surface area contributed by atoms with Gasteiger partial charge in [-0.1, -0.05) is 17.7 Å². The van der Waals surface area contributed by atoms with Crippen molar-refractivity contribution in [2.75, 3.05) is 17.2 Å². The van der Waals surface area contributed by atoms with Crippen LogP contribution >= 0.6 is 11.6 Å². The van der Waals surface area contributed by atoms with Gasteiger partial charge in [0.15, 0.2) is 0 Å². The number of fused-ring (bicyclic) bond motifs is 1. The molecule has 96 valence electrons. The van der Waals surface area contributed by atoms with Crippen LogP contribution in [0.25, 0.3) is 0 Å². The first kappa shape index (κ1) is 12.1. The number of nitrogens with one attached hydrogen (secondary N) is 2. The predicted octanol–water partition coefficient (Wildman–Crippen LogP) is 3.56. The molecule has 1 heterocycles. The van der Waals surface area contributed by atoms with E-state index in [1.54, 1.807) is 24.3 Å². The summed E-state index contributed by atoms with van der Waals surface area (Å²) >= 11 is 5.81. The molecule has 1 amide bonds. The molecule has 1 aliphatic heterocycles. The van der Waals surface area contributed by atoms with Gasteiger partial charge in [-0.25, -0.2) is 0 Å². The van der Waals surface area contributed by atoms with E-state index in [0.29, 0.717) is 10.6 Å². The molecule has 0 saturated carbocycles. The van der Waals surface area contributed by atoms with E-state index in [0.717, 1.165) is 24.3 Å². The van der Waals surface area contributed by atoms with Gasteiger partial charge in [-0.05, 0) is 48.4 Å². The molecule has 2 aromatic carbocycles. The summed E-state index contributed by atoms with van der Waals surface area (Å²) in [5.41, 5.74) is 3.72. The van der Waals surface area contributed by atoms with Crippen LogP contribution in [0.2, 0.25) is 5.02 Å². The Balaban J connectivity index is 1.78. The molecule has 0 aliphatic carbocycles. The second-order valence-electron chi connectivity index (χ2n) is 4.51. The minimum Gasteiger partial charge on any atom is -0.384 e. The zero-order valence-corrected chi connectivity index (χ0v) is 11.0. The van der Waals surface area contributed by atoms with Gasteiger partial charge >= 0.3 is 0 Å². The lowest BCUT2D eigenvalue weighted by Crippen LogP contribution is -2.11. The quantitative estimate of drug-likeness (QED) is 0.878. The van der Waals surface area contributed by atoms with Gasteiger partial charge in [-0.15, -0.1) is 0 Å². The first-order chi connectivity index (χ1) is 9.22. The third kappa shape index (κ3) is 2.56. The van der Waals surface area contributed by atoms with Crippen molar-refractivity contribution in [1.29, 1.82) is 0 Å². The number of carbonyl (C=O) groups excluding carboxylic acids is 1. The molecule has 3 nitrogen and oxygen atoms in total. The first-order valence-corrected chi connectivity index (χ1v) is 6.54. The number of hydrogen-bond donors (Lipinski definition) is 2. The highest BCUT2D eigenvalue weighted by Gasteiger charge is 2.13. The van der Waals surface area contributed by atoms with Crippen LogP contribution in [0.3, 0.4) is 0 Å². The second-order valence-corrected chi connectivity index (χ2v) is 4.95. The standard InChI is InChI=1S/C15H13ClN2O/c16-12-3-5-13(6-4-12)18-15(19)11-2-1-10-7-8-17-14(10)9-11/h1-6,9,17H,7-8H2,(H,18,19). The van der Waals surface area contributed by atoms with Crippen LogP contribution in [-0.2, 0) is 6.42 Å². The Morgan fingerprint density at radius 1 is 1.16 bits per heavy atom. The summed E-state index contributed by atoms with van der Waals surface area (Å²) in [5.74, 6) is -0.112. The van der Waals surface area contributed by atoms with E-state index in [1.165, 1.54) is 5.56 Å². The summed E-state index contributed by atoms with van der Waals surface area (Å²) in [6.45, 7) is 0.942. The Morgan fingerprint density at radius 2 is 1.95 bits per heavy atom. The minimum atomic E-state index is -0.112. The zero-order valence-electron chi connectivity index (χ0n) is 10.2. The Hall–Kier alpha value is -2.00. The molecule has 3 rings (SSSR count). The van der Waals surface area contributed by atoms with E-state index in [-0.39, 0.29) is 5.91 Å². The maximum absolute atomic E-state index is 12.1. The lowest BCUT2D eigenvalue weighted by molar-refractivity contribution is 0.102. The number of halogens is 1. The SMILES string of the molecule is O=C(Nc1ccc(Cl)cc1)c1ccc2c(c1)NCC2. The summed E-state index contributed by atoms with van der Waals surface area (Å²) in [6.07, 6.45) is 1.02. The minimum absolute atomic E-state index is 0.112. The monoisotopic (exact) mass is 272 g/mol. The highest BCUT2D eigenvalue weighted by molar-refractivity contribution is 6.30. The lowest BCUT2D eigenvalue weighted by atomic mass is 10.1. The Bertz CT molecular complexity index is 623. The van der Waals surface area contributed by atoms with E-state index >= 15 is 0 Å². The van der Waals surface area contributed by atoms with Crippen molar-refractivity contribution in [1.82, 2.24) is 0 Å². The molecular formula is C15H13ClN2O. The van der Waals surface area contributed by atoms with Crippen molar-refractivity contribution in [2.24, 2.45) is 0 Å². The van der Waals surface area contributed by atoms with Gasteiger partial charge in [-0.2, -0.15) is 0 Å². The molecule has 0 bridgehead atoms. The molecule has 4 heteroatoms. The van der Waals surface area contributed by atoms with Crippen LogP contribution in [0.5, 0.6) is 0 Å². The van der Waals surface area contributed by atoms with Crippen LogP contribution in [0.1, 0.15) is 15.9 Å². The van der Waals surface area contributed by atoms with Gasteiger partial charge in [0.05, 0.1) is 0 Å². The Morgan fingerprint density at radius 3 is 2.74 bits per heavy atom. The molecular weight excluding hydrogens is 260 g/mol. The maximum atomic E-state index is 12.1. The number of anilines is 2. The number of benzene rings is 2. The predicted molar refractivity (Wildman–Crippen MR) is 78.0 cm³/mol. The summed E-state index contributed by atoms with van der Waals surface area (Å²) < 4.78 is 0. The molecule has 0 radical (unpaired) electrons. The van der Waals surface area contributed by atoms with Gasteiger partial charge in [0.2, 0.25) is 0 Å². The second kappa shape index (κ2) is 4.94. The topological polar surface area (TPSA) is 41.1 Å². The van der Waals surface area contributed by atoms with Gasteiger partial charge in [-0.3, -0.25) is 4.79 Å². The average Bonchev–Trinajstić information content (AvgIpc) is 2.88. The van der Waals surface area contributed by atoms with Gasteiger partial charge in [0.25, 0.3) is 5.91 Å². The fourth-order valence-electron chi connectivity index (χ4n) is 2.17. The fourth-order valence-corrected chi connectivity index (χ4v) is 2.29. The van der Waals surface area contributed by atoms with Gasteiger partial charge in [0, 0.05) is 28.5 Å². The molecule has 19 heavy (non-hydrogen) atoms. The maximum Gasteiger partial charge on any atom is 0.255 e. The largest absolute Gasteiger partial charge is 0.384 e. The van der Waals surface area contributed by atoms with Crippen molar-refractivity contribution in [3.8, 4) is 0 Å². The molecule has 2 N–H and O–H groups in total. The third-order valence-electron chi connectivity index (χ3n) is 3.18. The van der Waals surface area contributed by atoms with E-state index in [1.807, 2.05) is 18.2 Å². The van der Waals surface area contributed by atoms with E-state index in [4.69, 9.17) is 11.6 Å². The van der Waals surface area contributed by atoms with Crippen LogP contribution in [0.4, 0.5) is 11.4 Å². The van der Waals surface area contributed by atoms with Crippen molar-refractivity contribution >= 4 is 28.9 Å². The average molecular weight is 273 g/mol. The lowest BCUT2D eigenvalue weighted by Gasteiger charge is -2.07. The van der Waals surface area contributed by atoms with Gasteiger partial charge in [0.1, 0.15) is 0 Å². The van der Waals surface area contributed by atoms with Crippen LogP contribution in [-0.4, -0.2) is 12.5 Å². The fraction of sp³-hybridized carbons (Fsp3) is 0.133. The van der Waals surface area contributed by atoms with E-state index < -0.39 is 0 Å². The summed E-state index contributed by atoms with van der Waals surface area (Å²) in [7, 11) is 0. The van der Waals surface area contributed by atoms with Crippen molar-refractivity contribution in [3.05, 3.63) is 58.6 Å². The van der Waals surface area contributed by atoms with Gasteiger partial charge < -0.3 is 10.6 Å². The molecule has 0 aromatic heterocycles. The number of rotatable bonds is 2. The molecule has 0 atom stereocenters. The summed E-state index contributed by atoms with van der Waals surface area (Å²) in [5, 5.41) is 6.77. The Kier molecular flexibility index (Phi) is 3.13. The van der Waals surface area contributed by atoms with Crippen LogP contribution < -0.4 is 10.6 Å². The zero-order chi connectivity index (χ0) is 13.2. The number of amides is 1. The smallest absolute Gasteiger partial charge is 0.255 e. The molecule has 2 aromatic rings. The van der Waals surface area contributed by atoms with Crippen LogP contribution in [0.15, 0.2) is 42.5 Å². The van der Waals surface area contributed by atoms with E-state index in [9.17, 15) is 4.79 Å². The molecule has 0 fully saturated rings. The molecule has 0 spiro atoms. The normalized spacial score (nSPS) is 12.7. The number of carbonyl (C=O) groups is 1.